The number of rotatable bonds is 10. The van der Waals surface area contributed by atoms with Crippen molar-refractivity contribution >= 4 is 27.6 Å². The molecule has 11 heteroatoms. The lowest BCUT2D eigenvalue weighted by molar-refractivity contribution is -0.150. The van der Waals surface area contributed by atoms with E-state index in [1.165, 1.54) is 48.5 Å². The average molecular weight is 456 g/mol. The molecule has 0 aliphatic rings. The Balaban J connectivity index is 2.00. The molecule has 0 aliphatic heterocycles. The number of hydrogen-bond acceptors (Lipinski definition) is 6. The fourth-order valence-electron chi connectivity index (χ4n) is 2.47. The van der Waals surface area contributed by atoms with Crippen LogP contribution in [-0.4, -0.2) is 39.6 Å². The molecular weight excluding hydrogens is 434 g/mol. The van der Waals surface area contributed by atoms with Crippen LogP contribution in [-0.2, 0) is 24.3 Å². The van der Waals surface area contributed by atoms with Gasteiger partial charge in [0, 0.05) is 0 Å². The summed E-state index contributed by atoms with van der Waals surface area (Å²) in [6.07, 6.45) is 0. The highest BCUT2D eigenvalue weighted by atomic mass is 32.2. The highest BCUT2D eigenvalue weighted by Gasteiger charge is 2.30. The van der Waals surface area contributed by atoms with Gasteiger partial charge in [-0.05, 0) is 30.2 Å². The van der Waals surface area contributed by atoms with Crippen LogP contribution >= 0.6 is 0 Å². The van der Waals surface area contributed by atoms with Crippen LogP contribution in [0.3, 0.4) is 0 Å². The summed E-state index contributed by atoms with van der Waals surface area (Å²) in [5.41, 5.74) is -0.0333. The van der Waals surface area contributed by atoms with Gasteiger partial charge in [0.2, 0.25) is 10.0 Å². The molecular formula is C20H22F2N2O6S. The summed E-state index contributed by atoms with van der Waals surface area (Å²) in [6, 6.07) is 11.7. The maximum Gasteiger partial charge on any atom is 0.387 e. The number of hydrogen-bond donors (Lipinski definition) is 2. The summed E-state index contributed by atoms with van der Waals surface area (Å²) in [5, 5.41) is 2.30. The van der Waals surface area contributed by atoms with Crippen LogP contribution in [0.25, 0.3) is 0 Å². The number of sulfonamides is 1. The number of carbonyl (C=O) groups is 2. The molecule has 2 N–H and O–H groups in total. The standard InChI is InChI=1S/C20H22F2N2O6S/c1-13(2)18(24-31(27,28)14-8-4-3-5-9-14)19(26)29-12-17(25)23-15-10-6-7-11-16(15)30-20(21)22/h3-11,13,18,20,24H,12H2,1-2H3,(H,23,25). The summed E-state index contributed by atoms with van der Waals surface area (Å²) < 4.78 is 61.4. The number of nitrogens with one attached hydrogen (secondary N) is 2. The van der Waals surface area contributed by atoms with Crippen LogP contribution in [0.15, 0.2) is 59.5 Å². The van der Waals surface area contributed by atoms with Crippen molar-refractivity contribution in [2.24, 2.45) is 5.92 Å². The molecule has 168 valence electrons. The van der Waals surface area contributed by atoms with Crippen LogP contribution in [0.2, 0.25) is 0 Å². The van der Waals surface area contributed by atoms with E-state index in [0.717, 1.165) is 0 Å². The second-order valence-electron chi connectivity index (χ2n) is 6.69. The molecule has 0 aliphatic carbocycles. The summed E-state index contributed by atoms with van der Waals surface area (Å²) in [7, 11) is -3.99. The SMILES string of the molecule is CC(C)C(NS(=O)(=O)c1ccccc1)C(=O)OCC(=O)Nc1ccccc1OC(F)F. The van der Waals surface area contributed by atoms with Gasteiger partial charge in [0.25, 0.3) is 5.91 Å². The van der Waals surface area contributed by atoms with Crippen LogP contribution in [0.5, 0.6) is 5.75 Å². The number of ether oxygens (including phenoxy) is 2. The Morgan fingerprint density at radius 1 is 1.00 bits per heavy atom. The molecule has 1 unspecified atom stereocenters. The molecule has 0 fully saturated rings. The Labute approximate surface area is 178 Å². The van der Waals surface area contributed by atoms with E-state index in [2.05, 4.69) is 14.8 Å². The van der Waals surface area contributed by atoms with Crippen molar-refractivity contribution in [3.63, 3.8) is 0 Å². The molecule has 2 aromatic carbocycles. The molecule has 31 heavy (non-hydrogen) atoms. The first-order chi connectivity index (χ1) is 14.6. The number of benzene rings is 2. The molecule has 1 atom stereocenters. The fraction of sp³-hybridized carbons (Fsp3) is 0.300. The number of alkyl halides is 2. The number of esters is 1. The number of para-hydroxylation sites is 2. The fourth-order valence-corrected chi connectivity index (χ4v) is 3.83. The maximum absolute atomic E-state index is 12.5. The minimum Gasteiger partial charge on any atom is -0.454 e. The summed E-state index contributed by atoms with van der Waals surface area (Å²) in [5.74, 6) is -2.50. The van der Waals surface area contributed by atoms with Gasteiger partial charge < -0.3 is 14.8 Å². The molecule has 1 amide bonds. The van der Waals surface area contributed by atoms with Gasteiger partial charge in [-0.25, -0.2) is 8.42 Å². The maximum atomic E-state index is 12.5. The van der Waals surface area contributed by atoms with Gasteiger partial charge in [-0.1, -0.05) is 44.2 Å². The Morgan fingerprint density at radius 3 is 2.23 bits per heavy atom. The summed E-state index contributed by atoms with van der Waals surface area (Å²) >= 11 is 0. The second-order valence-corrected chi connectivity index (χ2v) is 8.40. The van der Waals surface area contributed by atoms with Crippen molar-refractivity contribution in [1.82, 2.24) is 4.72 Å². The van der Waals surface area contributed by atoms with Crippen molar-refractivity contribution in [2.45, 2.75) is 31.4 Å². The number of amides is 1. The minimum absolute atomic E-state index is 0.0261. The van der Waals surface area contributed by atoms with Crippen molar-refractivity contribution in [3.05, 3.63) is 54.6 Å². The molecule has 2 rings (SSSR count). The normalized spacial score (nSPS) is 12.5. The van der Waals surface area contributed by atoms with Gasteiger partial charge in [0.05, 0.1) is 10.6 Å². The van der Waals surface area contributed by atoms with Gasteiger partial charge in [0.1, 0.15) is 11.8 Å². The first-order valence-electron chi connectivity index (χ1n) is 9.18. The van der Waals surface area contributed by atoms with E-state index in [1.807, 2.05) is 0 Å². The monoisotopic (exact) mass is 456 g/mol. The van der Waals surface area contributed by atoms with Crippen LogP contribution in [0.4, 0.5) is 14.5 Å². The van der Waals surface area contributed by atoms with E-state index in [0.29, 0.717) is 0 Å². The molecule has 0 spiro atoms. The molecule has 0 aromatic heterocycles. The van der Waals surface area contributed by atoms with Crippen LogP contribution in [0, 0.1) is 5.92 Å². The predicted octanol–water partition coefficient (Wildman–Crippen LogP) is 2.77. The van der Waals surface area contributed by atoms with E-state index >= 15 is 0 Å². The molecule has 2 aromatic rings. The van der Waals surface area contributed by atoms with Gasteiger partial charge in [-0.3, -0.25) is 9.59 Å². The second kappa shape index (κ2) is 10.8. The van der Waals surface area contributed by atoms with Gasteiger partial charge >= 0.3 is 12.6 Å². The highest BCUT2D eigenvalue weighted by Crippen LogP contribution is 2.25. The molecule has 0 radical (unpaired) electrons. The third-order valence-electron chi connectivity index (χ3n) is 3.98. The van der Waals surface area contributed by atoms with Gasteiger partial charge in [0.15, 0.2) is 6.61 Å². The Hall–Kier alpha value is -3.05. The van der Waals surface area contributed by atoms with Gasteiger partial charge in [-0.15, -0.1) is 0 Å². The number of carbonyl (C=O) groups excluding carboxylic acids is 2. The van der Waals surface area contributed by atoms with Crippen molar-refractivity contribution in [1.29, 1.82) is 0 Å². The van der Waals surface area contributed by atoms with E-state index in [4.69, 9.17) is 4.74 Å². The Bertz CT molecular complexity index is 1000. The molecule has 8 nitrogen and oxygen atoms in total. The zero-order chi connectivity index (χ0) is 23.0. The largest absolute Gasteiger partial charge is 0.454 e. The number of halogens is 2. The smallest absolute Gasteiger partial charge is 0.387 e. The zero-order valence-electron chi connectivity index (χ0n) is 16.7. The predicted molar refractivity (Wildman–Crippen MR) is 108 cm³/mol. The average Bonchev–Trinajstić information content (AvgIpc) is 2.72. The van der Waals surface area contributed by atoms with Gasteiger partial charge in [-0.2, -0.15) is 13.5 Å². The van der Waals surface area contributed by atoms with Crippen molar-refractivity contribution < 1.29 is 36.3 Å². The lowest BCUT2D eigenvalue weighted by atomic mass is 10.1. The third-order valence-corrected chi connectivity index (χ3v) is 5.44. The minimum atomic E-state index is -3.99. The Kier molecular flexibility index (Phi) is 8.46. The van der Waals surface area contributed by atoms with E-state index in [-0.39, 0.29) is 16.3 Å². The van der Waals surface area contributed by atoms with Crippen LogP contribution in [0.1, 0.15) is 13.8 Å². The van der Waals surface area contributed by atoms with Crippen LogP contribution < -0.4 is 14.8 Å². The van der Waals surface area contributed by atoms with Crippen molar-refractivity contribution in [3.8, 4) is 5.75 Å². The lowest BCUT2D eigenvalue weighted by Crippen LogP contribution is -2.45. The Morgan fingerprint density at radius 2 is 1.61 bits per heavy atom. The number of anilines is 1. The molecule has 0 saturated carbocycles. The first kappa shape index (κ1) is 24.2. The van der Waals surface area contributed by atoms with E-state index in [9.17, 15) is 26.8 Å². The highest BCUT2D eigenvalue weighted by molar-refractivity contribution is 7.89. The topological polar surface area (TPSA) is 111 Å². The van der Waals surface area contributed by atoms with Crippen molar-refractivity contribution in [2.75, 3.05) is 11.9 Å². The van der Waals surface area contributed by atoms with E-state index < -0.39 is 47.1 Å². The third kappa shape index (κ3) is 7.30. The van der Waals surface area contributed by atoms with E-state index in [1.54, 1.807) is 19.9 Å². The first-order valence-corrected chi connectivity index (χ1v) is 10.7. The lowest BCUT2D eigenvalue weighted by Gasteiger charge is -2.20. The zero-order valence-corrected chi connectivity index (χ0v) is 17.6. The molecule has 0 bridgehead atoms. The quantitative estimate of drug-likeness (QED) is 0.532. The summed E-state index contributed by atoms with van der Waals surface area (Å²) in [4.78, 5) is 24.5. The summed E-state index contributed by atoms with van der Waals surface area (Å²) in [6.45, 7) is -0.618. The molecule has 0 saturated heterocycles. The molecule has 0 heterocycles.